The lowest BCUT2D eigenvalue weighted by Crippen LogP contribution is -2.25. The summed E-state index contributed by atoms with van der Waals surface area (Å²) in [6, 6.07) is 4.47. The molecule has 1 saturated carbocycles. The smallest absolute Gasteiger partial charge is 0.134 e. The Morgan fingerprint density at radius 3 is 2.27 bits per heavy atom. The lowest BCUT2D eigenvalue weighted by molar-refractivity contribution is -0.121. The van der Waals surface area contributed by atoms with Gasteiger partial charge in [-0.05, 0) is 35.1 Å². The second-order valence-corrected chi connectivity index (χ2v) is 7.14. The molecule has 1 nitrogen and oxygen atoms in total. The molecule has 0 bridgehead atoms. The summed E-state index contributed by atoms with van der Waals surface area (Å²) >= 11 is 0. The van der Waals surface area contributed by atoms with Gasteiger partial charge in [-0.15, -0.1) is 6.42 Å². The van der Waals surface area contributed by atoms with Crippen molar-refractivity contribution >= 4 is 5.78 Å². The molecule has 0 heterocycles. The summed E-state index contributed by atoms with van der Waals surface area (Å²) in [6.45, 7) is 11.9. The summed E-state index contributed by atoms with van der Waals surface area (Å²) in [5.74, 6) is 3.11. The first-order valence-corrected chi connectivity index (χ1v) is 10.2. The first-order valence-electron chi connectivity index (χ1n) is 10.2. The van der Waals surface area contributed by atoms with Crippen LogP contribution in [0, 0.1) is 24.1 Å². The zero-order valence-electron chi connectivity index (χ0n) is 17.6. The number of Topliss-reactive ketones (excluding diaryl/α,β-unsaturated/α-hetero) is 1. The Morgan fingerprint density at radius 1 is 1.15 bits per heavy atom. The van der Waals surface area contributed by atoms with Gasteiger partial charge in [-0.1, -0.05) is 79.6 Å². The normalized spacial score (nSPS) is 14.2. The van der Waals surface area contributed by atoms with Crippen LogP contribution in [0.15, 0.2) is 18.2 Å². The van der Waals surface area contributed by atoms with Crippen molar-refractivity contribution in [2.75, 3.05) is 0 Å². The van der Waals surface area contributed by atoms with Gasteiger partial charge in [0.25, 0.3) is 0 Å². The fourth-order valence-electron chi connectivity index (χ4n) is 3.58. The van der Waals surface area contributed by atoms with Crippen LogP contribution in [-0.2, 0) is 10.2 Å². The molecule has 0 unspecified atom stereocenters. The molecule has 1 fully saturated rings. The van der Waals surface area contributed by atoms with Gasteiger partial charge in [0.15, 0.2) is 0 Å². The van der Waals surface area contributed by atoms with E-state index < -0.39 is 5.41 Å². The number of hydrogen-bond acceptors (Lipinski definition) is 1. The van der Waals surface area contributed by atoms with E-state index in [0.29, 0.717) is 24.3 Å². The highest BCUT2D eigenvalue weighted by Gasteiger charge is 2.28. The van der Waals surface area contributed by atoms with Gasteiger partial charge in [0.1, 0.15) is 11.6 Å². The Bertz CT molecular complexity index is 574. The van der Waals surface area contributed by atoms with Crippen LogP contribution in [0.25, 0.3) is 0 Å². The highest BCUT2D eigenvalue weighted by Crippen LogP contribution is 2.33. The van der Waals surface area contributed by atoms with E-state index in [1.54, 1.807) is 6.07 Å². The molecule has 1 aliphatic rings. The van der Waals surface area contributed by atoms with Crippen molar-refractivity contribution in [1.82, 2.24) is 0 Å². The van der Waals surface area contributed by atoms with Crippen molar-refractivity contribution in [1.29, 1.82) is 0 Å². The number of carbonyl (C=O) groups is 1. The summed E-state index contributed by atoms with van der Waals surface area (Å²) < 4.78 is 13.6. The fourth-order valence-corrected chi connectivity index (χ4v) is 3.58. The number of ketones is 1. The molecule has 0 saturated heterocycles. The Kier molecular flexibility index (Phi) is 11.9. The van der Waals surface area contributed by atoms with Crippen LogP contribution in [0.4, 0.5) is 4.39 Å². The standard InChI is InChI=1S/C20H25FO.2C2H6/c1-4-16-10-11-17(21)13-19(16)20(2,3)14-18(22)12-15-8-6-5-7-9-15;2*1-2/h1,10-11,13,15H,5-9,12,14H2,2-3H3;2*1-2H3. The van der Waals surface area contributed by atoms with Crippen LogP contribution in [0.3, 0.4) is 0 Å². The SMILES string of the molecule is C#Cc1ccc(F)cc1C(C)(C)CC(=O)CC1CCCCC1.CC.CC. The average Bonchev–Trinajstić information content (AvgIpc) is 2.65. The molecule has 1 aromatic carbocycles. The van der Waals surface area contributed by atoms with E-state index in [1.807, 2.05) is 41.5 Å². The molecular weight excluding hydrogens is 323 g/mol. The van der Waals surface area contributed by atoms with E-state index in [9.17, 15) is 9.18 Å². The third-order valence-corrected chi connectivity index (χ3v) is 4.75. The topological polar surface area (TPSA) is 17.1 Å². The van der Waals surface area contributed by atoms with Gasteiger partial charge in [-0.25, -0.2) is 4.39 Å². The van der Waals surface area contributed by atoms with E-state index in [4.69, 9.17) is 6.42 Å². The highest BCUT2D eigenvalue weighted by atomic mass is 19.1. The molecule has 0 amide bonds. The van der Waals surface area contributed by atoms with Gasteiger partial charge in [-0.2, -0.15) is 0 Å². The zero-order chi connectivity index (χ0) is 20.2. The van der Waals surface area contributed by atoms with Gasteiger partial charge >= 0.3 is 0 Å². The van der Waals surface area contributed by atoms with Crippen LogP contribution in [0.1, 0.15) is 97.6 Å². The Labute approximate surface area is 160 Å². The fraction of sp³-hybridized carbons (Fsp3) is 0.625. The molecule has 146 valence electrons. The maximum atomic E-state index is 13.6. The molecule has 0 atom stereocenters. The van der Waals surface area contributed by atoms with Gasteiger partial charge in [-0.3, -0.25) is 4.79 Å². The molecule has 0 spiro atoms. The van der Waals surface area contributed by atoms with Gasteiger partial charge in [0.05, 0.1) is 0 Å². The molecule has 0 aliphatic heterocycles. The molecule has 0 aromatic heterocycles. The van der Waals surface area contributed by atoms with Crippen molar-refractivity contribution in [2.24, 2.45) is 5.92 Å². The summed E-state index contributed by atoms with van der Waals surface area (Å²) in [5.41, 5.74) is 0.999. The minimum absolute atomic E-state index is 0.268. The van der Waals surface area contributed by atoms with Crippen LogP contribution in [-0.4, -0.2) is 5.78 Å². The molecule has 0 radical (unpaired) electrons. The molecule has 0 N–H and O–H groups in total. The zero-order valence-corrected chi connectivity index (χ0v) is 17.6. The molecule has 2 heteroatoms. The summed E-state index contributed by atoms with van der Waals surface area (Å²) in [4.78, 5) is 12.4. The summed E-state index contributed by atoms with van der Waals surface area (Å²) in [7, 11) is 0. The summed E-state index contributed by atoms with van der Waals surface area (Å²) in [5, 5.41) is 0. The van der Waals surface area contributed by atoms with Gasteiger partial charge in [0, 0.05) is 18.4 Å². The largest absolute Gasteiger partial charge is 0.300 e. The van der Waals surface area contributed by atoms with Crippen LogP contribution < -0.4 is 0 Å². The maximum absolute atomic E-state index is 13.6. The van der Waals surface area contributed by atoms with Crippen molar-refractivity contribution < 1.29 is 9.18 Å². The van der Waals surface area contributed by atoms with Gasteiger partial charge in [0.2, 0.25) is 0 Å². The molecule has 1 aromatic rings. The van der Waals surface area contributed by atoms with E-state index in [0.717, 1.165) is 5.56 Å². The van der Waals surface area contributed by atoms with E-state index in [1.165, 1.54) is 44.2 Å². The van der Waals surface area contributed by atoms with Gasteiger partial charge < -0.3 is 0 Å². The first-order chi connectivity index (χ1) is 12.4. The molecule has 2 rings (SSSR count). The predicted octanol–water partition coefficient (Wildman–Crippen LogP) is 7.07. The molecule has 1 aliphatic carbocycles. The number of terminal acetylenes is 1. The average molecular weight is 361 g/mol. The minimum atomic E-state index is -0.435. The third-order valence-electron chi connectivity index (χ3n) is 4.75. The number of benzene rings is 1. The monoisotopic (exact) mass is 360 g/mol. The molecular formula is C24H37FO. The number of halogens is 1. The maximum Gasteiger partial charge on any atom is 0.134 e. The first kappa shape index (κ1) is 24.4. The van der Waals surface area contributed by atoms with E-state index in [-0.39, 0.29) is 11.6 Å². The number of rotatable bonds is 5. The van der Waals surface area contributed by atoms with E-state index >= 15 is 0 Å². The van der Waals surface area contributed by atoms with Crippen molar-refractivity contribution in [3.63, 3.8) is 0 Å². The quantitative estimate of drug-likeness (QED) is 0.513. The Balaban J connectivity index is 0.00000146. The second kappa shape index (κ2) is 12.7. The van der Waals surface area contributed by atoms with Crippen molar-refractivity contribution in [3.8, 4) is 12.3 Å². The summed E-state index contributed by atoms with van der Waals surface area (Å²) in [6.07, 6.45) is 12.7. The Hall–Kier alpha value is -1.62. The third kappa shape index (κ3) is 7.73. The second-order valence-electron chi connectivity index (χ2n) is 7.14. The number of carbonyl (C=O) groups excluding carboxylic acids is 1. The van der Waals surface area contributed by atoms with Crippen LogP contribution in [0.2, 0.25) is 0 Å². The van der Waals surface area contributed by atoms with Crippen molar-refractivity contribution in [3.05, 3.63) is 35.1 Å². The predicted molar refractivity (Wildman–Crippen MR) is 111 cm³/mol. The highest BCUT2D eigenvalue weighted by molar-refractivity contribution is 5.80. The van der Waals surface area contributed by atoms with Crippen molar-refractivity contribution in [2.45, 2.75) is 91.9 Å². The van der Waals surface area contributed by atoms with Crippen LogP contribution >= 0.6 is 0 Å². The molecule has 26 heavy (non-hydrogen) atoms. The lowest BCUT2D eigenvalue weighted by atomic mass is 9.76. The van der Waals surface area contributed by atoms with E-state index in [2.05, 4.69) is 5.92 Å². The minimum Gasteiger partial charge on any atom is -0.300 e. The number of hydrogen-bond donors (Lipinski definition) is 0. The lowest BCUT2D eigenvalue weighted by Gasteiger charge is -2.27. The Morgan fingerprint density at radius 2 is 1.73 bits per heavy atom. The van der Waals surface area contributed by atoms with Crippen LogP contribution in [0.5, 0.6) is 0 Å².